The maximum Gasteiger partial charge on any atom is 0.147 e. The number of hydrogen-bond donors (Lipinski definition) is 0. The molecule has 0 fully saturated rings. The zero-order valence-corrected chi connectivity index (χ0v) is 32.3. The lowest BCUT2D eigenvalue weighted by Gasteiger charge is -2.27. The van der Waals surface area contributed by atoms with Crippen molar-refractivity contribution in [3.05, 3.63) is 206 Å². The van der Waals surface area contributed by atoms with Gasteiger partial charge in [0.1, 0.15) is 22.3 Å². The first kappa shape index (κ1) is 32.9. The van der Waals surface area contributed by atoms with Gasteiger partial charge in [-0.15, -0.1) is 0 Å². The van der Waals surface area contributed by atoms with Gasteiger partial charge in [-0.3, -0.25) is 0 Å². The third-order valence-corrected chi connectivity index (χ3v) is 12.3. The van der Waals surface area contributed by atoms with Gasteiger partial charge in [0, 0.05) is 55.4 Å². The van der Waals surface area contributed by atoms with Gasteiger partial charge in [0.25, 0.3) is 0 Å². The molecule has 3 aromatic heterocycles. The standard InChI is InChI=1S/C56H34N2O2/c1-3-15-37(16-4-1)57(49-32-35-14-7-8-19-40(35)42-20-9-10-21-43(42)49)39-27-29-46-53(34-39)59-52-31-30-47-54-41(23-13-25-51(54)60-56(47)55(46)52)36-26-28-45-44-22-11-12-24-48(44)58(50(45)33-36)38-17-5-2-6-18-38/h1-34H. The summed E-state index contributed by atoms with van der Waals surface area (Å²) < 4.78 is 16.0. The Morgan fingerprint density at radius 1 is 0.367 bits per heavy atom. The van der Waals surface area contributed by atoms with E-state index >= 15 is 0 Å². The van der Waals surface area contributed by atoms with Crippen LogP contribution in [0.25, 0.3) is 104 Å². The number of aromatic nitrogens is 1. The van der Waals surface area contributed by atoms with Crippen molar-refractivity contribution >= 4 is 104 Å². The molecule has 10 aromatic carbocycles. The minimum Gasteiger partial charge on any atom is -0.456 e. The average Bonchev–Trinajstić information content (AvgIpc) is 3.99. The van der Waals surface area contributed by atoms with Crippen LogP contribution >= 0.6 is 0 Å². The fourth-order valence-electron chi connectivity index (χ4n) is 9.73. The molecular formula is C56H34N2O2. The van der Waals surface area contributed by atoms with Crippen molar-refractivity contribution in [2.45, 2.75) is 0 Å². The molecule has 0 aliphatic carbocycles. The van der Waals surface area contributed by atoms with Crippen LogP contribution in [-0.2, 0) is 0 Å². The molecule has 4 heteroatoms. The Labute approximate surface area is 344 Å². The number of fused-ring (bicyclic) bond motifs is 13. The van der Waals surface area contributed by atoms with Gasteiger partial charge in [-0.05, 0) is 100 Å². The van der Waals surface area contributed by atoms with Crippen LogP contribution in [-0.4, -0.2) is 4.57 Å². The van der Waals surface area contributed by atoms with Gasteiger partial charge in [0.2, 0.25) is 0 Å². The van der Waals surface area contributed by atoms with E-state index in [1.54, 1.807) is 0 Å². The van der Waals surface area contributed by atoms with E-state index in [0.717, 1.165) is 77.8 Å². The lowest BCUT2D eigenvalue weighted by atomic mass is 9.97. The summed E-state index contributed by atoms with van der Waals surface area (Å²) in [6.45, 7) is 0. The zero-order chi connectivity index (χ0) is 39.3. The highest BCUT2D eigenvalue weighted by Gasteiger charge is 2.22. The molecule has 0 aliphatic heterocycles. The number of para-hydroxylation sites is 3. The molecule has 0 N–H and O–H groups in total. The van der Waals surface area contributed by atoms with Crippen LogP contribution in [0.2, 0.25) is 0 Å². The van der Waals surface area contributed by atoms with Crippen molar-refractivity contribution in [2.24, 2.45) is 0 Å². The molecule has 13 rings (SSSR count). The van der Waals surface area contributed by atoms with E-state index in [1.165, 1.54) is 43.4 Å². The van der Waals surface area contributed by atoms with E-state index in [2.05, 4.69) is 216 Å². The Kier molecular flexibility index (Phi) is 6.98. The smallest absolute Gasteiger partial charge is 0.147 e. The van der Waals surface area contributed by atoms with E-state index < -0.39 is 0 Å². The molecule has 0 radical (unpaired) electrons. The van der Waals surface area contributed by atoms with Crippen LogP contribution in [0.3, 0.4) is 0 Å². The highest BCUT2D eigenvalue weighted by Crippen LogP contribution is 2.46. The largest absolute Gasteiger partial charge is 0.456 e. The third kappa shape index (κ3) is 4.79. The number of anilines is 3. The molecule has 0 unspecified atom stereocenters. The molecule has 0 bridgehead atoms. The summed E-state index contributed by atoms with van der Waals surface area (Å²) in [5.41, 5.74) is 12.3. The van der Waals surface area contributed by atoms with Gasteiger partial charge in [-0.1, -0.05) is 127 Å². The van der Waals surface area contributed by atoms with Gasteiger partial charge in [-0.2, -0.15) is 0 Å². The first-order valence-electron chi connectivity index (χ1n) is 20.4. The summed E-state index contributed by atoms with van der Waals surface area (Å²) in [5.74, 6) is 0. The number of rotatable bonds is 5. The molecule has 4 nitrogen and oxygen atoms in total. The van der Waals surface area contributed by atoms with E-state index in [9.17, 15) is 0 Å². The first-order valence-corrected chi connectivity index (χ1v) is 20.4. The van der Waals surface area contributed by atoms with Crippen molar-refractivity contribution in [1.29, 1.82) is 0 Å². The van der Waals surface area contributed by atoms with Gasteiger partial charge >= 0.3 is 0 Å². The molecule has 3 heterocycles. The van der Waals surface area contributed by atoms with E-state index in [-0.39, 0.29) is 0 Å². The van der Waals surface area contributed by atoms with E-state index in [1.807, 2.05) is 0 Å². The van der Waals surface area contributed by atoms with Gasteiger partial charge in [0.15, 0.2) is 0 Å². The molecule has 0 saturated carbocycles. The molecule has 0 atom stereocenters. The van der Waals surface area contributed by atoms with Crippen LogP contribution in [0.5, 0.6) is 0 Å². The SMILES string of the molecule is c1ccc(N(c2ccc3c(c2)oc2ccc4c(oc5cccc(-c6ccc7c8ccccc8n(-c8ccccc8)c7c6)c54)c23)c2cc3ccccc3c3ccccc23)cc1. The monoisotopic (exact) mass is 766 g/mol. The second-order valence-electron chi connectivity index (χ2n) is 15.6. The molecule has 60 heavy (non-hydrogen) atoms. The third-order valence-electron chi connectivity index (χ3n) is 12.3. The van der Waals surface area contributed by atoms with Crippen molar-refractivity contribution < 1.29 is 8.83 Å². The quantitative estimate of drug-likeness (QED) is 0.164. The predicted octanol–water partition coefficient (Wildman–Crippen LogP) is 16.0. The van der Waals surface area contributed by atoms with Crippen molar-refractivity contribution in [1.82, 2.24) is 4.57 Å². The summed E-state index contributed by atoms with van der Waals surface area (Å²) in [7, 11) is 0. The second-order valence-corrected chi connectivity index (χ2v) is 15.6. The molecule has 0 amide bonds. The minimum absolute atomic E-state index is 0.798. The van der Waals surface area contributed by atoms with Crippen LogP contribution in [0.1, 0.15) is 0 Å². The fourth-order valence-corrected chi connectivity index (χ4v) is 9.73. The van der Waals surface area contributed by atoms with Crippen molar-refractivity contribution in [3.8, 4) is 16.8 Å². The van der Waals surface area contributed by atoms with Gasteiger partial charge in [-0.25, -0.2) is 0 Å². The molecule has 13 aromatic rings. The van der Waals surface area contributed by atoms with Crippen LogP contribution < -0.4 is 4.90 Å². The number of furan rings is 2. The summed E-state index contributed by atoms with van der Waals surface area (Å²) in [5, 5.41) is 11.5. The average molecular weight is 767 g/mol. The molecule has 0 aliphatic rings. The summed E-state index contributed by atoms with van der Waals surface area (Å²) >= 11 is 0. The lowest BCUT2D eigenvalue weighted by molar-refractivity contribution is 0.663. The Morgan fingerprint density at radius 3 is 1.92 bits per heavy atom. The van der Waals surface area contributed by atoms with E-state index in [4.69, 9.17) is 8.83 Å². The number of nitrogens with zero attached hydrogens (tertiary/aromatic N) is 2. The van der Waals surface area contributed by atoms with Gasteiger partial charge in [0.05, 0.1) is 22.1 Å². The molecule has 280 valence electrons. The zero-order valence-electron chi connectivity index (χ0n) is 32.3. The molecule has 0 spiro atoms. The van der Waals surface area contributed by atoms with Gasteiger partial charge < -0.3 is 18.3 Å². The van der Waals surface area contributed by atoms with Crippen molar-refractivity contribution in [2.75, 3.05) is 4.90 Å². The Hall–Kier alpha value is -8.08. The summed E-state index contributed by atoms with van der Waals surface area (Å²) in [6.07, 6.45) is 0. The Morgan fingerprint density at radius 2 is 1.05 bits per heavy atom. The summed E-state index contributed by atoms with van der Waals surface area (Å²) in [6, 6.07) is 73.6. The topological polar surface area (TPSA) is 34.5 Å². The maximum atomic E-state index is 6.85. The van der Waals surface area contributed by atoms with Crippen LogP contribution in [0, 0.1) is 0 Å². The normalized spacial score (nSPS) is 12.0. The molecular weight excluding hydrogens is 733 g/mol. The van der Waals surface area contributed by atoms with Crippen LogP contribution in [0.4, 0.5) is 17.1 Å². The second kappa shape index (κ2) is 12.7. The fraction of sp³-hybridized carbons (Fsp3) is 0. The number of benzene rings is 10. The Balaban J connectivity index is 0.998. The minimum atomic E-state index is 0.798. The predicted molar refractivity (Wildman–Crippen MR) is 250 cm³/mol. The molecule has 0 saturated heterocycles. The summed E-state index contributed by atoms with van der Waals surface area (Å²) in [4.78, 5) is 2.35. The maximum absolute atomic E-state index is 6.85. The number of hydrogen-bond acceptors (Lipinski definition) is 3. The lowest BCUT2D eigenvalue weighted by Crippen LogP contribution is -2.10. The van der Waals surface area contributed by atoms with Crippen molar-refractivity contribution in [3.63, 3.8) is 0 Å². The first-order chi connectivity index (χ1) is 29.8. The van der Waals surface area contributed by atoms with Crippen LogP contribution in [0.15, 0.2) is 215 Å². The highest BCUT2D eigenvalue weighted by atomic mass is 16.3. The highest BCUT2D eigenvalue weighted by molar-refractivity contribution is 6.25. The Bertz CT molecular complexity index is 3840. The van der Waals surface area contributed by atoms with E-state index in [0.29, 0.717) is 0 Å².